The van der Waals surface area contributed by atoms with Crippen molar-refractivity contribution >= 4 is 5.96 Å². The van der Waals surface area contributed by atoms with E-state index in [4.69, 9.17) is 14.5 Å². The van der Waals surface area contributed by atoms with Gasteiger partial charge in [-0.15, -0.1) is 0 Å². The molecule has 0 amide bonds. The Hall–Kier alpha value is -1.83. The number of nitrogens with zero attached hydrogens (tertiary/aromatic N) is 3. The summed E-state index contributed by atoms with van der Waals surface area (Å²) < 4.78 is 10.9. The topological polar surface area (TPSA) is 61.4 Å². The maximum atomic E-state index is 5.45. The summed E-state index contributed by atoms with van der Waals surface area (Å²) in [6.07, 6.45) is 2.53. The Labute approximate surface area is 175 Å². The van der Waals surface area contributed by atoms with E-state index < -0.39 is 0 Å². The lowest BCUT2D eigenvalue weighted by molar-refractivity contribution is 0.0389. The van der Waals surface area contributed by atoms with Gasteiger partial charge in [-0.05, 0) is 50.6 Å². The Morgan fingerprint density at radius 3 is 2.69 bits per heavy atom. The zero-order valence-corrected chi connectivity index (χ0v) is 18.0. The highest BCUT2D eigenvalue weighted by molar-refractivity contribution is 5.79. The van der Waals surface area contributed by atoms with Crippen LogP contribution in [0, 0.1) is 0 Å². The van der Waals surface area contributed by atoms with Crippen LogP contribution in [0.3, 0.4) is 0 Å². The molecule has 0 saturated carbocycles. The summed E-state index contributed by atoms with van der Waals surface area (Å²) in [5.41, 5.74) is 1.28. The molecule has 2 aliphatic rings. The van der Waals surface area contributed by atoms with Gasteiger partial charge < -0.3 is 20.1 Å². The zero-order chi connectivity index (χ0) is 20.3. The van der Waals surface area contributed by atoms with Gasteiger partial charge in [-0.25, -0.2) is 0 Å². The first kappa shape index (κ1) is 21.9. The molecule has 2 aliphatic heterocycles. The fraction of sp³-hybridized carbons (Fsp3) is 0.682. The quantitative estimate of drug-likeness (QED) is 0.484. The first-order valence-corrected chi connectivity index (χ1v) is 11.0. The van der Waals surface area contributed by atoms with Gasteiger partial charge in [0.05, 0.1) is 32.9 Å². The molecule has 29 heavy (non-hydrogen) atoms. The van der Waals surface area contributed by atoms with E-state index in [1.54, 1.807) is 7.11 Å². The van der Waals surface area contributed by atoms with E-state index in [0.717, 1.165) is 77.3 Å². The number of nitrogens with one attached hydrogen (secondary N) is 2. The predicted molar refractivity (Wildman–Crippen MR) is 118 cm³/mol. The van der Waals surface area contributed by atoms with Crippen LogP contribution in [0.2, 0.25) is 0 Å². The van der Waals surface area contributed by atoms with Crippen molar-refractivity contribution in [2.24, 2.45) is 4.99 Å². The Kier molecular flexibility index (Phi) is 9.05. The van der Waals surface area contributed by atoms with Gasteiger partial charge in [0, 0.05) is 32.7 Å². The lowest BCUT2D eigenvalue weighted by atomic mass is 10.1. The van der Waals surface area contributed by atoms with Crippen molar-refractivity contribution in [2.45, 2.75) is 25.8 Å². The van der Waals surface area contributed by atoms with E-state index in [1.807, 2.05) is 6.07 Å². The fourth-order valence-corrected chi connectivity index (χ4v) is 4.01. The third-order valence-electron chi connectivity index (χ3n) is 5.65. The maximum Gasteiger partial charge on any atom is 0.191 e. The van der Waals surface area contributed by atoms with Crippen LogP contribution in [0.25, 0.3) is 0 Å². The number of rotatable bonds is 9. The molecule has 0 radical (unpaired) electrons. The van der Waals surface area contributed by atoms with E-state index in [1.165, 1.54) is 18.4 Å². The van der Waals surface area contributed by atoms with Crippen molar-refractivity contribution in [2.75, 3.05) is 72.7 Å². The second-order valence-electron chi connectivity index (χ2n) is 7.64. The molecule has 0 aliphatic carbocycles. The minimum absolute atomic E-state index is 0.280. The molecule has 7 nitrogen and oxygen atoms in total. The van der Waals surface area contributed by atoms with Crippen molar-refractivity contribution < 1.29 is 9.47 Å². The summed E-state index contributed by atoms with van der Waals surface area (Å²) in [4.78, 5) is 9.93. The van der Waals surface area contributed by atoms with Crippen LogP contribution < -0.4 is 15.4 Å². The van der Waals surface area contributed by atoms with Gasteiger partial charge in [0.15, 0.2) is 5.96 Å². The van der Waals surface area contributed by atoms with Crippen LogP contribution in [0.4, 0.5) is 0 Å². The summed E-state index contributed by atoms with van der Waals surface area (Å²) in [6.45, 7) is 11.6. The van der Waals surface area contributed by atoms with Gasteiger partial charge in [-0.2, -0.15) is 0 Å². The predicted octanol–water partition coefficient (Wildman–Crippen LogP) is 1.72. The lowest BCUT2D eigenvalue weighted by Crippen LogP contribution is -2.44. The zero-order valence-electron chi connectivity index (χ0n) is 18.0. The molecule has 1 unspecified atom stereocenters. The Balaban J connectivity index is 1.62. The first-order valence-electron chi connectivity index (χ1n) is 11.0. The Bertz CT molecular complexity index is 627. The summed E-state index contributed by atoms with van der Waals surface area (Å²) >= 11 is 0. The summed E-state index contributed by atoms with van der Waals surface area (Å²) in [5.74, 6) is 1.80. The molecule has 2 heterocycles. The number of morpholine rings is 1. The molecular formula is C22H37N5O2. The number of hydrogen-bond acceptors (Lipinski definition) is 5. The maximum absolute atomic E-state index is 5.45. The molecule has 2 saturated heterocycles. The third kappa shape index (κ3) is 6.87. The highest BCUT2D eigenvalue weighted by Gasteiger charge is 2.23. The van der Waals surface area contributed by atoms with Gasteiger partial charge in [0.25, 0.3) is 0 Å². The fourth-order valence-electron chi connectivity index (χ4n) is 4.01. The number of benzene rings is 1. The van der Waals surface area contributed by atoms with E-state index in [9.17, 15) is 0 Å². The van der Waals surface area contributed by atoms with Gasteiger partial charge >= 0.3 is 0 Å². The van der Waals surface area contributed by atoms with Gasteiger partial charge in [-0.1, -0.05) is 12.1 Å². The normalized spacial score (nSPS) is 19.9. The summed E-state index contributed by atoms with van der Waals surface area (Å²) in [7, 11) is 1.73. The number of guanidine groups is 1. The highest BCUT2D eigenvalue weighted by atomic mass is 16.5. The highest BCUT2D eigenvalue weighted by Crippen LogP contribution is 2.27. The average Bonchev–Trinajstić information content (AvgIpc) is 3.29. The van der Waals surface area contributed by atoms with Gasteiger partial charge in [0.1, 0.15) is 5.75 Å². The number of hydrogen-bond donors (Lipinski definition) is 2. The molecule has 0 aromatic heterocycles. The lowest BCUT2D eigenvalue weighted by Gasteiger charge is -2.28. The molecule has 1 atom stereocenters. The second kappa shape index (κ2) is 12.0. The SMILES string of the molecule is CCNC(=NCC(c1cccc(OC)c1)N1CCCC1)NCCN1CCOCC1. The number of ether oxygens (including phenoxy) is 2. The molecule has 2 fully saturated rings. The third-order valence-corrected chi connectivity index (χ3v) is 5.65. The first-order chi connectivity index (χ1) is 14.3. The van der Waals surface area contributed by atoms with Crippen molar-refractivity contribution in [3.8, 4) is 5.75 Å². The summed E-state index contributed by atoms with van der Waals surface area (Å²) in [5, 5.41) is 6.89. The van der Waals surface area contributed by atoms with Crippen LogP contribution in [0.5, 0.6) is 5.75 Å². The van der Waals surface area contributed by atoms with Crippen LogP contribution in [-0.2, 0) is 4.74 Å². The summed E-state index contributed by atoms with van der Waals surface area (Å²) in [6, 6.07) is 8.71. The second-order valence-corrected chi connectivity index (χ2v) is 7.64. The standard InChI is InChI=1S/C22H37N5O2/c1-3-23-22(24-9-12-26-13-15-29-16-14-26)25-18-21(27-10-4-5-11-27)19-7-6-8-20(17-19)28-2/h6-8,17,21H,3-5,9-16,18H2,1-2H3,(H2,23,24,25). The van der Waals surface area contributed by atoms with Crippen molar-refractivity contribution in [3.05, 3.63) is 29.8 Å². The molecule has 7 heteroatoms. The molecular weight excluding hydrogens is 366 g/mol. The smallest absolute Gasteiger partial charge is 0.191 e. The molecule has 2 N–H and O–H groups in total. The van der Waals surface area contributed by atoms with Crippen LogP contribution in [-0.4, -0.2) is 88.4 Å². The van der Waals surface area contributed by atoms with E-state index in [2.05, 4.69) is 45.6 Å². The van der Waals surface area contributed by atoms with Crippen molar-refractivity contribution in [3.63, 3.8) is 0 Å². The van der Waals surface area contributed by atoms with Gasteiger partial charge in [-0.3, -0.25) is 14.8 Å². The number of likely N-dealkylation sites (tertiary alicyclic amines) is 1. The monoisotopic (exact) mass is 403 g/mol. The number of methoxy groups -OCH3 is 1. The largest absolute Gasteiger partial charge is 0.497 e. The van der Waals surface area contributed by atoms with Gasteiger partial charge in [0.2, 0.25) is 0 Å². The minimum Gasteiger partial charge on any atom is -0.497 e. The Morgan fingerprint density at radius 2 is 1.97 bits per heavy atom. The van der Waals surface area contributed by atoms with E-state index in [-0.39, 0.29) is 6.04 Å². The molecule has 0 bridgehead atoms. The molecule has 1 aromatic rings. The number of aliphatic imine (C=N–C) groups is 1. The minimum atomic E-state index is 0.280. The molecule has 0 spiro atoms. The van der Waals surface area contributed by atoms with Crippen molar-refractivity contribution in [1.82, 2.24) is 20.4 Å². The molecule has 1 aromatic carbocycles. The average molecular weight is 404 g/mol. The van der Waals surface area contributed by atoms with E-state index in [0.29, 0.717) is 0 Å². The van der Waals surface area contributed by atoms with E-state index >= 15 is 0 Å². The molecule has 3 rings (SSSR count). The van der Waals surface area contributed by atoms with Crippen LogP contribution >= 0.6 is 0 Å². The molecule has 162 valence electrons. The van der Waals surface area contributed by atoms with Crippen molar-refractivity contribution in [1.29, 1.82) is 0 Å². The Morgan fingerprint density at radius 1 is 1.17 bits per heavy atom. The van der Waals surface area contributed by atoms with Crippen LogP contribution in [0.1, 0.15) is 31.4 Å². The van der Waals surface area contributed by atoms with Crippen LogP contribution in [0.15, 0.2) is 29.3 Å².